The first-order chi connectivity index (χ1) is 9.09. The molecular formula is C13H13NO5. The Morgan fingerprint density at radius 3 is 2.84 bits per heavy atom. The van der Waals surface area contributed by atoms with Crippen molar-refractivity contribution in [2.24, 2.45) is 0 Å². The van der Waals surface area contributed by atoms with Crippen molar-refractivity contribution < 1.29 is 19.1 Å². The van der Waals surface area contributed by atoms with E-state index >= 15 is 0 Å². The number of carboxylic acid groups (broad SMARTS) is 1. The maximum Gasteiger partial charge on any atom is 0.417 e. The van der Waals surface area contributed by atoms with Gasteiger partial charge in [-0.2, -0.15) is 0 Å². The Morgan fingerprint density at radius 2 is 2.21 bits per heavy atom. The quantitative estimate of drug-likeness (QED) is 0.866. The molecule has 1 aromatic carbocycles. The van der Waals surface area contributed by atoms with E-state index in [-0.39, 0.29) is 11.8 Å². The fourth-order valence-electron chi connectivity index (χ4n) is 2.43. The molecule has 1 saturated heterocycles. The van der Waals surface area contributed by atoms with Gasteiger partial charge < -0.3 is 14.3 Å². The molecule has 0 amide bonds. The Kier molecular flexibility index (Phi) is 2.67. The first kappa shape index (κ1) is 12.0. The van der Waals surface area contributed by atoms with E-state index in [2.05, 4.69) is 4.98 Å². The van der Waals surface area contributed by atoms with Crippen molar-refractivity contribution >= 4 is 17.1 Å². The number of ether oxygens (including phenoxy) is 1. The molecule has 2 N–H and O–H groups in total. The van der Waals surface area contributed by atoms with E-state index in [4.69, 9.17) is 14.3 Å². The summed E-state index contributed by atoms with van der Waals surface area (Å²) in [6.45, 7) is 1.02. The highest BCUT2D eigenvalue weighted by molar-refractivity contribution is 5.73. The number of aromatic amines is 1. The number of carboxylic acids is 1. The Hall–Kier alpha value is -2.08. The number of aromatic nitrogens is 1. The fourth-order valence-corrected chi connectivity index (χ4v) is 2.43. The van der Waals surface area contributed by atoms with Gasteiger partial charge in [-0.05, 0) is 24.1 Å². The first-order valence-electron chi connectivity index (χ1n) is 6.02. The SMILES string of the molecule is O=C(O)CCC1(c2ccc3oc(=O)[nH]c3c2)COC1. The lowest BCUT2D eigenvalue weighted by Gasteiger charge is -2.41. The van der Waals surface area contributed by atoms with Gasteiger partial charge in [0.2, 0.25) is 0 Å². The van der Waals surface area contributed by atoms with E-state index < -0.39 is 11.7 Å². The van der Waals surface area contributed by atoms with E-state index in [1.807, 2.05) is 12.1 Å². The molecule has 1 aliphatic heterocycles. The number of hydrogen-bond acceptors (Lipinski definition) is 4. The van der Waals surface area contributed by atoms with Crippen molar-refractivity contribution in [3.05, 3.63) is 34.3 Å². The first-order valence-corrected chi connectivity index (χ1v) is 6.02. The molecule has 2 aromatic rings. The second kappa shape index (κ2) is 4.24. The normalized spacial score (nSPS) is 17.3. The third kappa shape index (κ3) is 2.04. The van der Waals surface area contributed by atoms with Gasteiger partial charge in [0.15, 0.2) is 5.58 Å². The molecule has 6 nitrogen and oxygen atoms in total. The van der Waals surface area contributed by atoms with Gasteiger partial charge in [-0.15, -0.1) is 0 Å². The second-order valence-corrected chi connectivity index (χ2v) is 4.89. The fraction of sp³-hybridized carbons (Fsp3) is 0.385. The van der Waals surface area contributed by atoms with Gasteiger partial charge in [0.05, 0.1) is 18.7 Å². The third-order valence-electron chi connectivity index (χ3n) is 3.61. The summed E-state index contributed by atoms with van der Waals surface area (Å²) in [7, 11) is 0. The van der Waals surface area contributed by atoms with Gasteiger partial charge in [0.25, 0.3) is 0 Å². The highest BCUT2D eigenvalue weighted by Crippen LogP contribution is 2.37. The number of H-pyrrole nitrogens is 1. The third-order valence-corrected chi connectivity index (χ3v) is 3.61. The standard InChI is InChI=1S/C13H13NO5/c15-11(16)3-4-13(6-18-7-13)8-1-2-10-9(5-8)14-12(17)19-10/h1-2,5H,3-4,6-7H2,(H,14,17)(H,15,16). The minimum atomic E-state index is -0.816. The van der Waals surface area contributed by atoms with Crippen LogP contribution in [0.3, 0.4) is 0 Å². The van der Waals surface area contributed by atoms with E-state index in [1.165, 1.54) is 0 Å². The number of rotatable bonds is 4. The van der Waals surface area contributed by atoms with Crippen LogP contribution in [0.15, 0.2) is 27.4 Å². The smallest absolute Gasteiger partial charge is 0.417 e. The van der Waals surface area contributed by atoms with E-state index in [1.54, 1.807) is 6.07 Å². The minimum absolute atomic E-state index is 0.100. The highest BCUT2D eigenvalue weighted by Gasteiger charge is 2.40. The molecule has 1 fully saturated rings. The summed E-state index contributed by atoms with van der Waals surface area (Å²) in [6, 6.07) is 5.43. The van der Waals surface area contributed by atoms with Gasteiger partial charge in [-0.25, -0.2) is 4.79 Å². The molecule has 19 heavy (non-hydrogen) atoms. The summed E-state index contributed by atoms with van der Waals surface area (Å²) in [4.78, 5) is 24.5. The lowest BCUT2D eigenvalue weighted by molar-refractivity contribution is -0.139. The molecular weight excluding hydrogens is 250 g/mol. The molecule has 0 saturated carbocycles. The van der Waals surface area contributed by atoms with Gasteiger partial charge >= 0.3 is 11.7 Å². The number of benzene rings is 1. The van der Waals surface area contributed by atoms with Crippen LogP contribution >= 0.6 is 0 Å². The minimum Gasteiger partial charge on any atom is -0.481 e. The summed E-state index contributed by atoms with van der Waals surface area (Å²) in [6.07, 6.45) is 0.624. The second-order valence-electron chi connectivity index (χ2n) is 4.89. The van der Waals surface area contributed by atoms with Crippen LogP contribution in [0.4, 0.5) is 0 Å². The van der Waals surface area contributed by atoms with E-state index in [0.717, 1.165) is 5.56 Å². The zero-order valence-electron chi connectivity index (χ0n) is 10.1. The molecule has 0 radical (unpaired) electrons. The van der Waals surface area contributed by atoms with Crippen LogP contribution in [-0.2, 0) is 14.9 Å². The largest absolute Gasteiger partial charge is 0.481 e. The number of carbonyl (C=O) groups is 1. The lowest BCUT2D eigenvalue weighted by atomic mass is 9.75. The highest BCUT2D eigenvalue weighted by atomic mass is 16.5. The van der Waals surface area contributed by atoms with Crippen LogP contribution in [-0.4, -0.2) is 29.3 Å². The lowest BCUT2D eigenvalue weighted by Crippen LogP contribution is -2.47. The Bertz CT molecular complexity index is 680. The summed E-state index contributed by atoms with van der Waals surface area (Å²) in [5.41, 5.74) is 1.84. The molecule has 6 heteroatoms. The molecule has 0 atom stereocenters. The van der Waals surface area contributed by atoms with Gasteiger partial charge in [0, 0.05) is 11.8 Å². The van der Waals surface area contributed by atoms with Crippen LogP contribution in [0, 0.1) is 0 Å². The average molecular weight is 263 g/mol. The molecule has 0 unspecified atom stereocenters. The average Bonchev–Trinajstić information content (AvgIpc) is 2.66. The van der Waals surface area contributed by atoms with Crippen LogP contribution < -0.4 is 5.76 Å². The molecule has 0 bridgehead atoms. The van der Waals surface area contributed by atoms with Crippen molar-refractivity contribution in [2.75, 3.05) is 13.2 Å². The summed E-state index contributed by atoms with van der Waals surface area (Å²) in [5.74, 6) is -1.30. The number of oxazole rings is 1. The van der Waals surface area contributed by atoms with Gasteiger partial charge in [-0.3, -0.25) is 9.78 Å². The summed E-state index contributed by atoms with van der Waals surface area (Å²) in [5, 5.41) is 8.82. The number of fused-ring (bicyclic) bond motifs is 1. The van der Waals surface area contributed by atoms with E-state index in [0.29, 0.717) is 30.7 Å². The van der Waals surface area contributed by atoms with Crippen molar-refractivity contribution in [2.45, 2.75) is 18.3 Å². The molecule has 1 aliphatic rings. The Balaban J connectivity index is 1.96. The number of nitrogens with one attached hydrogen (secondary N) is 1. The van der Waals surface area contributed by atoms with Crippen LogP contribution in [0.2, 0.25) is 0 Å². The van der Waals surface area contributed by atoms with Crippen molar-refractivity contribution in [3.63, 3.8) is 0 Å². The zero-order chi connectivity index (χ0) is 13.5. The molecule has 0 spiro atoms. The Morgan fingerprint density at radius 1 is 1.42 bits per heavy atom. The van der Waals surface area contributed by atoms with Crippen LogP contribution in [0.5, 0.6) is 0 Å². The van der Waals surface area contributed by atoms with E-state index in [9.17, 15) is 9.59 Å². The predicted molar refractivity (Wildman–Crippen MR) is 66.2 cm³/mol. The van der Waals surface area contributed by atoms with Crippen LogP contribution in [0.1, 0.15) is 18.4 Å². The molecule has 100 valence electrons. The van der Waals surface area contributed by atoms with Crippen molar-refractivity contribution in [1.82, 2.24) is 4.98 Å². The molecule has 2 heterocycles. The zero-order valence-corrected chi connectivity index (χ0v) is 10.1. The monoisotopic (exact) mass is 263 g/mol. The number of hydrogen-bond donors (Lipinski definition) is 2. The summed E-state index contributed by atoms with van der Waals surface area (Å²) >= 11 is 0. The van der Waals surface area contributed by atoms with Gasteiger partial charge in [0.1, 0.15) is 0 Å². The predicted octanol–water partition coefficient (Wildman–Crippen LogP) is 1.25. The van der Waals surface area contributed by atoms with Gasteiger partial charge in [-0.1, -0.05) is 6.07 Å². The maximum atomic E-state index is 11.1. The summed E-state index contributed by atoms with van der Waals surface area (Å²) < 4.78 is 10.2. The molecule has 1 aromatic heterocycles. The Labute approximate surface area is 108 Å². The topological polar surface area (TPSA) is 92.5 Å². The van der Waals surface area contributed by atoms with Crippen molar-refractivity contribution in [3.8, 4) is 0 Å². The van der Waals surface area contributed by atoms with Crippen molar-refractivity contribution in [1.29, 1.82) is 0 Å². The number of aliphatic carboxylic acids is 1. The molecule has 0 aliphatic carbocycles. The maximum absolute atomic E-state index is 11.1. The van der Waals surface area contributed by atoms with Crippen LogP contribution in [0.25, 0.3) is 11.1 Å². The molecule has 3 rings (SSSR count).